The van der Waals surface area contributed by atoms with E-state index in [-0.39, 0.29) is 0 Å². The van der Waals surface area contributed by atoms with Crippen LogP contribution in [0.4, 0.5) is 0 Å². The first kappa shape index (κ1) is 15.9. The van der Waals surface area contributed by atoms with Gasteiger partial charge >= 0.3 is 0 Å². The molecule has 0 atom stereocenters. The molecule has 0 spiro atoms. The number of nitrogens with one attached hydrogen (secondary N) is 1. The lowest BCUT2D eigenvalue weighted by molar-refractivity contribution is 0.271. The molecule has 2 nitrogen and oxygen atoms in total. The van der Waals surface area contributed by atoms with Crippen molar-refractivity contribution < 1.29 is 0 Å². The Bertz CT molecular complexity index is 141. The highest BCUT2D eigenvalue weighted by atomic mass is 14.9. The summed E-state index contributed by atoms with van der Waals surface area (Å²) >= 11 is 0. The van der Waals surface area contributed by atoms with Crippen LogP contribution in [0, 0.1) is 11.3 Å². The van der Waals surface area contributed by atoms with Gasteiger partial charge in [0.05, 0.1) is 6.07 Å². The average Bonchev–Trinajstić information content (AvgIpc) is 2.23. The highest BCUT2D eigenvalue weighted by Crippen LogP contribution is 2.26. The summed E-state index contributed by atoms with van der Waals surface area (Å²) in [5, 5.41) is 10.7. The number of hydrogen-bond acceptors (Lipinski definition) is 2. The Labute approximate surface area is 89.7 Å². The Hall–Kier alpha value is -0.550. The molecular formula is C12H26N2. The summed E-state index contributed by atoms with van der Waals surface area (Å²) in [5.74, 6) is 0. The van der Waals surface area contributed by atoms with Gasteiger partial charge in [-0.15, -0.1) is 0 Å². The minimum atomic E-state index is 0.470. The summed E-state index contributed by atoms with van der Waals surface area (Å²) in [5.41, 5.74) is 0.470. The van der Waals surface area contributed by atoms with Crippen molar-refractivity contribution >= 4 is 0 Å². The van der Waals surface area contributed by atoms with E-state index in [0.29, 0.717) is 5.54 Å². The van der Waals surface area contributed by atoms with Crippen molar-refractivity contribution in [3.63, 3.8) is 0 Å². The standard InChI is InChI=1S/C8H17N.C2H3N.C2H6/c1-8(9-2)6-4-3-5-7-8;1-2-3;1-2/h9H,3-7H2,1-2H3;1H3;1-2H3. The minimum Gasteiger partial charge on any atom is -0.315 e. The van der Waals surface area contributed by atoms with Gasteiger partial charge in [0.25, 0.3) is 0 Å². The van der Waals surface area contributed by atoms with Crippen molar-refractivity contribution in [2.45, 2.75) is 65.3 Å². The molecule has 0 heterocycles. The van der Waals surface area contributed by atoms with Gasteiger partial charge in [-0.25, -0.2) is 0 Å². The van der Waals surface area contributed by atoms with Crippen LogP contribution in [0.5, 0.6) is 0 Å². The average molecular weight is 198 g/mol. The van der Waals surface area contributed by atoms with E-state index in [9.17, 15) is 0 Å². The van der Waals surface area contributed by atoms with Gasteiger partial charge in [0.2, 0.25) is 0 Å². The van der Waals surface area contributed by atoms with E-state index in [1.165, 1.54) is 39.0 Å². The maximum atomic E-state index is 7.32. The van der Waals surface area contributed by atoms with Crippen LogP contribution in [0.25, 0.3) is 0 Å². The molecule has 0 amide bonds. The third-order valence-corrected chi connectivity index (χ3v) is 2.56. The topological polar surface area (TPSA) is 35.8 Å². The van der Waals surface area contributed by atoms with Gasteiger partial charge in [-0.1, -0.05) is 33.1 Å². The van der Waals surface area contributed by atoms with Crippen LogP contribution in [-0.4, -0.2) is 12.6 Å². The zero-order valence-corrected chi connectivity index (χ0v) is 10.5. The highest BCUT2D eigenvalue weighted by molar-refractivity contribution is 4.84. The van der Waals surface area contributed by atoms with Crippen LogP contribution in [0.2, 0.25) is 0 Å². The zero-order chi connectivity index (χ0) is 11.4. The quantitative estimate of drug-likeness (QED) is 0.700. The van der Waals surface area contributed by atoms with Gasteiger partial charge < -0.3 is 5.32 Å². The Morgan fingerprint density at radius 3 is 1.71 bits per heavy atom. The summed E-state index contributed by atoms with van der Waals surface area (Å²) in [7, 11) is 2.07. The Morgan fingerprint density at radius 2 is 1.50 bits per heavy atom. The van der Waals surface area contributed by atoms with E-state index in [1.807, 2.05) is 13.8 Å². The fourth-order valence-corrected chi connectivity index (χ4v) is 1.58. The first-order valence-corrected chi connectivity index (χ1v) is 5.68. The maximum absolute atomic E-state index is 7.32. The lowest BCUT2D eigenvalue weighted by Gasteiger charge is -2.33. The molecule has 0 aromatic heterocycles. The molecule has 0 aliphatic heterocycles. The van der Waals surface area contributed by atoms with E-state index in [2.05, 4.69) is 19.3 Å². The lowest BCUT2D eigenvalue weighted by atomic mass is 9.84. The maximum Gasteiger partial charge on any atom is 0.0587 e. The van der Waals surface area contributed by atoms with Crippen molar-refractivity contribution in [3.05, 3.63) is 0 Å². The predicted octanol–water partition coefficient (Wildman–Crippen LogP) is 3.48. The highest BCUT2D eigenvalue weighted by Gasteiger charge is 2.23. The first-order valence-electron chi connectivity index (χ1n) is 5.68. The van der Waals surface area contributed by atoms with Crippen molar-refractivity contribution in [3.8, 4) is 6.07 Å². The molecule has 14 heavy (non-hydrogen) atoms. The molecule has 0 saturated heterocycles. The Balaban J connectivity index is 0. The van der Waals surface area contributed by atoms with Gasteiger partial charge in [0.1, 0.15) is 0 Å². The molecule has 1 N–H and O–H groups in total. The minimum absolute atomic E-state index is 0.470. The van der Waals surface area contributed by atoms with Crippen molar-refractivity contribution in [2.24, 2.45) is 0 Å². The van der Waals surface area contributed by atoms with Gasteiger partial charge in [-0.05, 0) is 26.8 Å². The molecule has 1 saturated carbocycles. The van der Waals surface area contributed by atoms with E-state index < -0.39 is 0 Å². The van der Waals surface area contributed by atoms with Crippen LogP contribution in [0.3, 0.4) is 0 Å². The third-order valence-electron chi connectivity index (χ3n) is 2.56. The fourth-order valence-electron chi connectivity index (χ4n) is 1.58. The van der Waals surface area contributed by atoms with Crippen LogP contribution < -0.4 is 5.32 Å². The molecule has 2 heteroatoms. The number of nitriles is 1. The third kappa shape index (κ3) is 8.07. The molecule has 84 valence electrons. The lowest BCUT2D eigenvalue weighted by Crippen LogP contribution is -2.41. The predicted molar refractivity (Wildman–Crippen MR) is 63.2 cm³/mol. The van der Waals surface area contributed by atoms with Crippen molar-refractivity contribution in [2.75, 3.05) is 7.05 Å². The molecule has 0 unspecified atom stereocenters. The van der Waals surface area contributed by atoms with Crippen LogP contribution in [0.15, 0.2) is 0 Å². The second-order valence-corrected chi connectivity index (χ2v) is 3.59. The number of hydrogen-bond donors (Lipinski definition) is 1. The molecule has 1 rings (SSSR count). The van der Waals surface area contributed by atoms with Gasteiger partial charge in [0, 0.05) is 12.5 Å². The monoisotopic (exact) mass is 198 g/mol. The van der Waals surface area contributed by atoms with Crippen LogP contribution in [0.1, 0.15) is 59.8 Å². The van der Waals surface area contributed by atoms with E-state index in [1.54, 1.807) is 6.07 Å². The van der Waals surface area contributed by atoms with Gasteiger partial charge in [0.15, 0.2) is 0 Å². The molecular weight excluding hydrogens is 172 g/mol. The summed E-state index contributed by atoms with van der Waals surface area (Å²) in [6, 6.07) is 1.75. The summed E-state index contributed by atoms with van der Waals surface area (Å²) < 4.78 is 0. The van der Waals surface area contributed by atoms with E-state index in [4.69, 9.17) is 5.26 Å². The summed E-state index contributed by atoms with van der Waals surface area (Å²) in [6.45, 7) is 7.76. The summed E-state index contributed by atoms with van der Waals surface area (Å²) in [6.07, 6.45) is 7.00. The zero-order valence-electron chi connectivity index (χ0n) is 10.5. The SMILES string of the molecule is CC.CC#N.CNC1(C)CCCCC1. The second kappa shape index (κ2) is 10.5. The molecule has 0 aromatic rings. The van der Waals surface area contributed by atoms with Crippen LogP contribution in [-0.2, 0) is 0 Å². The molecule has 0 aromatic carbocycles. The van der Waals surface area contributed by atoms with E-state index in [0.717, 1.165) is 0 Å². The normalized spacial score (nSPS) is 17.7. The second-order valence-electron chi connectivity index (χ2n) is 3.59. The smallest absolute Gasteiger partial charge is 0.0587 e. The van der Waals surface area contributed by atoms with Gasteiger partial charge in [-0.2, -0.15) is 5.26 Å². The van der Waals surface area contributed by atoms with Gasteiger partial charge in [-0.3, -0.25) is 0 Å². The fraction of sp³-hybridized carbons (Fsp3) is 0.917. The molecule has 0 radical (unpaired) electrons. The number of rotatable bonds is 1. The molecule has 0 bridgehead atoms. The van der Waals surface area contributed by atoms with Crippen molar-refractivity contribution in [1.29, 1.82) is 5.26 Å². The van der Waals surface area contributed by atoms with E-state index >= 15 is 0 Å². The van der Waals surface area contributed by atoms with Crippen LogP contribution >= 0.6 is 0 Å². The molecule has 1 aliphatic carbocycles. The number of nitrogens with zero attached hydrogens (tertiary/aromatic N) is 1. The Morgan fingerprint density at radius 1 is 1.14 bits per heavy atom. The molecule has 1 fully saturated rings. The first-order chi connectivity index (χ1) is 6.68. The largest absolute Gasteiger partial charge is 0.315 e. The summed E-state index contributed by atoms with van der Waals surface area (Å²) in [4.78, 5) is 0. The molecule has 1 aliphatic rings. The Kier molecular flexibility index (Phi) is 12.0. The van der Waals surface area contributed by atoms with Crippen molar-refractivity contribution in [1.82, 2.24) is 5.32 Å².